The average Bonchev–Trinajstić information content (AvgIpc) is 2.56. The Hall–Kier alpha value is -2.38. The van der Waals surface area contributed by atoms with Gasteiger partial charge in [0.1, 0.15) is 0 Å². The SMILES string of the molecule is C=C(CNCc1cccc2ccccc12)c1ccccc1. The highest BCUT2D eigenvalue weighted by Gasteiger charge is 2.01. The second kappa shape index (κ2) is 6.38. The molecule has 0 radical (unpaired) electrons. The summed E-state index contributed by atoms with van der Waals surface area (Å²) >= 11 is 0. The molecule has 3 aromatic rings. The van der Waals surface area contributed by atoms with E-state index in [0.717, 1.165) is 18.7 Å². The van der Waals surface area contributed by atoms with Gasteiger partial charge in [-0.1, -0.05) is 79.4 Å². The van der Waals surface area contributed by atoms with Gasteiger partial charge in [-0.15, -0.1) is 0 Å². The standard InChI is InChI=1S/C20H19N/c1-16(17-8-3-2-4-9-17)14-21-15-19-12-7-11-18-10-5-6-13-20(18)19/h2-13,21H,1,14-15H2. The highest BCUT2D eigenvalue weighted by Crippen LogP contribution is 2.18. The molecule has 0 saturated carbocycles. The number of rotatable bonds is 5. The third kappa shape index (κ3) is 3.21. The van der Waals surface area contributed by atoms with Crippen molar-refractivity contribution in [3.63, 3.8) is 0 Å². The van der Waals surface area contributed by atoms with E-state index < -0.39 is 0 Å². The van der Waals surface area contributed by atoms with Gasteiger partial charge in [-0.3, -0.25) is 0 Å². The first-order chi connectivity index (χ1) is 10.3. The Kier molecular flexibility index (Phi) is 4.13. The second-order valence-corrected chi connectivity index (χ2v) is 5.21. The predicted octanol–water partition coefficient (Wildman–Crippen LogP) is 4.64. The average molecular weight is 273 g/mol. The van der Waals surface area contributed by atoms with Crippen LogP contribution in [0.3, 0.4) is 0 Å². The Labute approximate surface area is 125 Å². The molecule has 0 bridgehead atoms. The molecule has 0 unspecified atom stereocenters. The molecular weight excluding hydrogens is 254 g/mol. The molecule has 3 aromatic carbocycles. The van der Waals surface area contributed by atoms with Crippen LogP contribution in [-0.2, 0) is 6.54 Å². The number of benzene rings is 3. The third-order valence-corrected chi connectivity index (χ3v) is 3.72. The second-order valence-electron chi connectivity index (χ2n) is 5.21. The van der Waals surface area contributed by atoms with E-state index in [4.69, 9.17) is 0 Å². The van der Waals surface area contributed by atoms with Crippen molar-refractivity contribution in [2.45, 2.75) is 6.54 Å². The molecule has 0 amide bonds. The minimum atomic E-state index is 0.799. The third-order valence-electron chi connectivity index (χ3n) is 3.72. The van der Waals surface area contributed by atoms with E-state index in [1.54, 1.807) is 0 Å². The van der Waals surface area contributed by atoms with E-state index in [1.165, 1.54) is 21.9 Å². The van der Waals surface area contributed by atoms with Gasteiger partial charge < -0.3 is 5.32 Å². The summed E-state index contributed by atoms with van der Waals surface area (Å²) in [6.45, 7) is 5.81. The van der Waals surface area contributed by atoms with Gasteiger partial charge in [-0.05, 0) is 27.5 Å². The molecular formula is C20H19N. The Morgan fingerprint density at radius 2 is 1.52 bits per heavy atom. The van der Waals surface area contributed by atoms with Crippen LogP contribution in [0.25, 0.3) is 16.3 Å². The number of hydrogen-bond donors (Lipinski definition) is 1. The predicted molar refractivity (Wildman–Crippen MR) is 91.1 cm³/mol. The maximum atomic E-state index is 4.16. The molecule has 0 fully saturated rings. The smallest absolute Gasteiger partial charge is 0.0214 e. The first kappa shape index (κ1) is 13.6. The highest BCUT2D eigenvalue weighted by molar-refractivity contribution is 5.85. The van der Waals surface area contributed by atoms with Gasteiger partial charge in [0.05, 0.1) is 0 Å². The van der Waals surface area contributed by atoms with Crippen LogP contribution in [-0.4, -0.2) is 6.54 Å². The largest absolute Gasteiger partial charge is 0.309 e. The van der Waals surface area contributed by atoms with E-state index in [9.17, 15) is 0 Å². The van der Waals surface area contributed by atoms with Crippen LogP contribution in [0.15, 0.2) is 79.4 Å². The van der Waals surface area contributed by atoms with Gasteiger partial charge in [0, 0.05) is 13.1 Å². The molecule has 0 aliphatic carbocycles. The molecule has 21 heavy (non-hydrogen) atoms. The molecule has 0 atom stereocenters. The molecule has 104 valence electrons. The zero-order valence-corrected chi connectivity index (χ0v) is 12.0. The van der Waals surface area contributed by atoms with Crippen molar-refractivity contribution >= 4 is 16.3 Å². The molecule has 3 rings (SSSR count). The molecule has 0 aliphatic heterocycles. The lowest BCUT2D eigenvalue weighted by Crippen LogP contribution is -2.15. The van der Waals surface area contributed by atoms with Crippen molar-refractivity contribution in [2.24, 2.45) is 0 Å². The maximum absolute atomic E-state index is 4.16. The van der Waals surface area contributed by atoms with E-state index >= 15 is 0 Å². The Morgan fingerprint density at radius 3 is 2.38 bits per heavy atom. The Bertz CT molecular complexity index is 739. The summed E-state index contributed by atoms with van der Waals surface area (Å²) < 4.78 is 0. The zero-order valence-electron chi connectivity index (χ0n) is 12.0. The molecule has 0 aliphatic rings. The minimum Gasteiger partial charge on any atom is -0.309 e. The van der Waals surface area contributed by atoms with Crippen molar-refractivity contribution in [1.82, 2.24) is 5.32 Å². The lowest BCUT2D eigenvalue weighted by atomic mass is 10.0. The maximum Gasteiger partial charge on any atom is 0.0214 e. The van der Waals surface area contributed by atoms with E-state index in [0.29, 0.717) is 0 Å². The van der Waals surface area contributed by atoms with Crippen molar-refractivity contribution in [1.29, 1.82) is 0 Å². The first-order valence-corrected chi connectivity index (χ1v) is 7.25. The van der Waals surface area contributed by atoms with Crippen LogP contribution in [0, 0.1) is 0 Å². The fourth-order valence-electron chi connectivity index (χ4n) is 2.57. The molecule has 0 heterocycles. The van der Waals surface area contributed by atoms with Crippen LogP contribution < -0.4 is 5.32 Å². The number of fused-ring (bicyclic) bond motifs is 1. The summed E-state index contributed by atoms with van der Waals surface area (Å²) in [5, 5.41) is 6.10. The molecule has 1 heteroatoms. The molecule has 0 spiro atoms. The summed E-state index contributed by atoms with van der Waals surface area (Å²) in [6.07, 6.45) is 0. The van der Waals surface area contributed by atoms with Crippen molar-refractivity contribution in [2.75, 3.05) is 6.54 Å². The van der Waals surface area contributed by atoms with E-state index in [2.05, 4.69) is 66.5 Å². The lowest BCUT2D eigenvalue weighted by Gasteiger charge is -2.10. The Morgan fingerprint density at radius 1 is 0.810 bits per heavy atom. The summed E-state index contributed by atoms with van der Waals surface area (Å²) in [5.74, 6) is 0. The van der Waals surface area contributed by atoms with Crippen molar-refractivity contribution < 1.29 is 0 Å². The fourth-order valence-corrected chi connectivity index (χ4v) is 2.57. The highest BCUT2D eigenvalue weighted by atomic mass is 14.8. The molecule has 0 saturated heterocycles. The summed E-state index contributed by atoms with van der Waals surface area (Å²) in [7, 11) is 0. The molecule has 1 N–H and O–H groups in total. The summed E-state index contributed by atoms with van der Waals surface area (Å²) in [5.41, 5.74) is 3.65. The van der Waals surface area contributed by atoms with Crippen molar-refractivity contribution in [3.05, 3.63) is 90.5 Å². The normalized spacial score (nSPS) is 10.7. The zero-order chi connectivity index (χ0) is 14.5. The number of nitrogens with one attached hydrogen (secondary N) is 1. The van der Waals surface area contributed by atoms with Crippen LogP contribution in [0.2, 0.25) is 0 Å². The van der Waals surface area contributed by atoms with Crippen LogP contribution in [0.5, 0.6) is 0 Å². The van der Waals surface area contributed by atoms with Gasteiger partial charge in [0.2, 0.25) is 0 Å². The van der Waals surface area contributed by atoms with E-state index in [1.807, 2.05) is 18.2 Å². The van der Waals surface area contributed by atoms with Gasteiger partial charge in [0.25, 0.3) is 0 Å². The molecule has 0 aromatic heterocycles. The van der Waals surface area contributed by atoms with Crippen LogP contribution in [0.4, 0.5) is 0 Å². The van der Waals surface area contributed by atoms with Gasteiger partial charge >= 0.3 is 0 Å². The lowest BCUT2D eigenvalue weighted by molar-refractivity contribution is 0.772. The van der Waals surface area contributed by atoms with Crippen LogP contribution >= 0.6 is 0 Å². The topological polar surface area (TPSA) is 12.0 Å². The van der Waals surface area contributed by atoms with E-state index in [-0.39, 0.29) is 0 Å². The summed E-state index contributed by atoms with van der Waals surface area (Å²) in [4.78, 5) is 0. The molecule has 1 nitrogen and oxygen atoms in total. The summed E-state index contributed by atoms with van der Waals surface area (Å²) in [6, 6.07) is 25.3. The quantitative estimate of drug-likeness (QED) is 0.714. The van der Waals surface area contributed by atoms with Gasteiger partial charge in [-0.25, -0.2) is 0 Å². The number of hydrogen-bond acceptors (Lipinski definition) is 1. The van der Waals surface area contributed by atoms with Crippen molar-refractivity contribution in [3.8, 4) is 0 Å². The fraction of sp³-hybridized carbons (Fsp3) is 0.100. The van der Waals surface area contributed by atoms with Gasteiger partial charge in [-0.2, -0.15) is 0 Å². The van der Waals surface area contributed by atoms with Crippen LogP contribution in [0.1, 0.15) is 11.1 Å². The minimum absolute atomic E-state index is 0.799. The monoisotopic (exact) mass is 273 g/mol. The van der Waals surface area contributed by atoms with Gasteiger partial charge in [0.15, 0.2) is 0 Å². The Balaban J connectivity index is 1.66. The first-order valence-electron chi connectivity index (χ1n) is 7.25.